The maximum atomic E-state index is 12.4. The first-order valence-electron chi connectivity index (χ1n) is 6.99. The van der Waals surface area contributed by atoms with Crippen LogP contribution < -0.4 is 5.43 Å². The minimum atomic E-state index is -0.275. The zero-order valence-electron chi connectivity index (χ0n) is 12.4. The summed E-state index contributed by atoms with van der Waals surface area (Å²) in [6.07, 6.45) is 3.44. The van der Waals surface area contributed by atoms with Crippen molar-refractivity contribution in [3.63, 3.8) is 0 Å². The molecule has 0 radical (unpaired) electrons. The summed E-state index contributed by atoms with van der Waals surface area (Å²) in [6.45, 7) is 3.79. The van der Waals surface area contributed by atoms with Gasteiger partial charge in [-0.25, -0.2) is 10.4 Å². The minimum Gasteiger partial charge on any atom is -0.295 e. The fraction of sp³-hybridized carbons (Fsp3) is 0.118. The number of imidazole rings is 1. The van der Waals surface area contributed by atoms with Crippen LogP contribution in [0.3, 0.4) is 0 Å². The minimum absolute atomic E-state index is 0.275. The third-order valence-electron chi connectivity index (χ3n) is 3.41. The monoisotopic (exact) mass is 292 g/mol. The lowest BCUT2D eigenvalue weighted by molar-refractivity contribution is 0.0948. The van der Waals surface area contributed by atoms with E-state index in [0.29, 0.717) is 11.4 Å². The summed E-state index contributed by atoms with van der Waals surface area (Å²) in [5, 5.41) is 4.00. The van der Waals surface area contributed by atoms with Crippen molar-refractivity contribution in [3.8, 4) is 0 Å². The molecule has 3 rings (SSSR count). The Morgan fingerprint density at radius 3 is 2.73 bits per heavy atom. The molecular weight excluding hydrogens is 276 g/mol. The predicted molar refractivity (Wildman–Crippen MR) is 86.2 cm³/mol. The fourth-order valence-electron chi connectivity index (χ4n) is 2.35. The molecule has 2 aromatic heterocycles. The van der Waals surface area contributed by atoms with Crippen molar-refractivity contribution in [3.05, 3.63) is 71.2 Å². The van der Waals surface area contributed by atoms with Crippen LogP contribution >= 0.6 is 0 Å². The number of aromatic nitrogens is 2. The van der Waals surface area contributed by atoms with Crippen molar-refractivity contribution < 1.29 is 4.79 Å². The van der Waals surface area contributed by atoms with Crippen molar-refractivity contribution >= 4 is 17.8 Å². The number of hydrogen-bond acceptors (Lipinski definition) is 3. The molecule has 22 heavy (non-hydrogen) atoms. The summed E-state index contributed by atoms with van der Waals surface area (Å²) in [7, 11) is 0. The van der Waals surface area contributed by atoms with Crippen LogP contribution in [-0.2, 0) is 0 Å². The average Bonchev–Trinajstić information content (AvgIpc) is 2.86. The third kappa shape index (κ3) is 2.61. The lowest BCUT2D eigenvalue weighted by Crippen LogP contribution is -2.20. The van der Waals surface area contributed by atoms with E-state index in [1.165, 1.54) is 0 Å². The Labute approximate surface area is 128 Å². The second kappa shape index (κ2) is 5.81. The van der Waals surface area contributed by atoms with Crippen LogP contribution in [0, 0.1) is 13.8 Å². The fourth-order valence-corrected chi connectivity index (χ4v) is 2.35. The Balaban J connectivity index is 1.85. The van der Waals surface area contributed by atoms with Gasteiger partial charge in [-0.3, -0.25) is 9.20 Å². The number of nitrogens with zero attached hydrogens (tertiary/aromatic N) is 3. The lowest BCUT2D eigenvalue weighted by Gasteiger charge is -2.02. The Bertz CT molecular complexity index is 850. The largest absolute Gasteiger partial charge is 0.295 e. The van der Waals surface area contributed by atoms with Crippen molar-refractivity contribution in [2.75, 3.05) is 0 Å². The standard InChI is InChI=1S/C17H16N4O/c1-12-7-6-10-21-15(13(2)19-16(12)21)17(22)20-18-11-14-8-4-3-5-9-14/h3-11H,1-2H3,(H,20,22)/b18-11-. The first-order chi connectivity index (χ1) is 10.7. The Kier molecular flexibility index (Phi) is 3.70. The van der Waals surface area contributed by atoms with E-state index in [4.69, 9.17) is 0 Å². The van der Waals surface area contributed by atoms with Crippen LogP contribution in [0.5, 0.6) is 0 Å². The van der Waals surface area contributed by atoms with Gasteiger partial charge in [0, 0.05) is 6.20 Å². The molecule has 0 bridgehead atoms. The van der Waals surface area contributed by atoms with Crippen molar-refractivity contribution in [2.24, 2.45) is 5.10 Å². The molecule has 1 N–H and O–H groups in total. The lowest BCUT2D eigenvalue weighted by atomic mass is 10.2. The number of aryl methyl sites for hydroxylation is 2. The van der Waals surface area contributed by atoms with Gasteiger partial charge in [0.15, 0.2) is 0 Å². The number of amides is 1. The molecule has 0 atom stereocenters. The van der Waals surface area contributed by atoms with Crippen LogP contribution in [0.25, 0.3) is 5.65 Å². The zero-order valence-corrected chi connectivity index (χ0v) is 12.4. The third-order valence-corrected chi connectivity index (χ3v) is 3.41. The number of carbonyl (C=O) groups is 1. The molecule has 3 aromatic rings. The highest BCUT2D eigenvalue weighted by molar-refractivity contribution is 5.95. The molecule has 0 unspecified atom stereocenters. The molecule has 0 fully saturated rings. The maximum absolute atomic E-state index is 12.4. The second-order valence-corrected chi connectivity index (χ2v) is 5.04. The molecule has 2 heterocycles. The summed E-state index contributed by atoms with van der Waals surface area (Å²) in [6, 6.07) is 13.5. The van der Waals surface area contributed by atoms with Crippen molar-refractivity contribution in [1.82, 2.24) is 14.8 Å². The highest BCUT2D eigenvalue weighted by Gasteiger charge is 2.16. The molecule has 5 nitrogen and oxygen atoms in total. The van der Waals surface area contributed by atoms with E-state index in [0.717, 1.165) is 16.8 Å². The summed E-state index contributed by atoms with van der Waals surface area (Å²) < 4.78 is 1.79. The van der Waals surface area contributed by atoms with Crippen LogP contribution in [0.4, 0.5) is 0 Å². The van der Waals surface area contributed by atoms with E-state index in [1.807, 2.05) is 62.5 Å². The van der Waals surface area contributed by atoms with Gasteiger partial charge in [0.05, 0.1) is 11.9 Å². The quantitative estimate of drug-likeness (QED) is 0.596. The second-order valence-electron chi connectivity index (χ2n) is 5.04. The smallest absolute Gasteiger partial charge is 0.290 e. The number of carbonyl (C=O) groups excluding carboxylic acids is 1. The van der Waals surface area contributed by atoms with E-state index in [-0.39, 0.29) is 5.91 Å². The normalized spacial score (nSPS) is 11.2. The molecule has 110 valence electrons. The van der Waals surface area contributed by atoms with Crippen LogP contribution in [0.15, 0.2) is 53.8 Å². The summed E-state index contributed by atoms with van der Waals surface area (Å²) in [5.41, 5.74) is 6.48. The highest BCUT2D eigenvalue weighted by atomic mass is 16.2. The summed E-state index contributed by atoms with van der Waals surface area (Å²) >= 11 is 0. The number of benzene rings is 1. The highest BCUT2D eigenvalue weighted by Crippen LogP contribution is 2.15. The van der Waals surface area contributed by atoms with Gasteiger partial charge in [0.25, 0.3) is 5.91 Å². The molecule has 5 heteroatoms. The first kappa shape index (κ1) is 14.0. The molecule has 1 amide bonds. The van der Waals surface area contributed by atoms with Crippen molar-refractivity contribution in [1.29, 1.82) is 0 Å². The van der Waals surface area contributed by atoms with E-state index in [9.17, 15) is 4.79 Å². The Morgan fingerprint density at radius 1 is 1.18 bits per heavy atom. The summed E-state index contributed by atoms with van der Waals surface area (Å²) in [5.74, 6) is -0.275. The van der Waals surface area contributed by atoms with E-state index >= 15 is 0 Å². The van der Waals surface area contributed by atoms with Crippen LogP contribution in [0.2, 0.25) is 0 Å². The van der Waals surface area contributed by atoms with E-state index in [1.54, 1.807) is 10.6 Å². The van der Waals surface area contributed by atoms with E-state index < -0.39 is 0 Å². The van der Waals surface area contributed by atoms with Gasteiger partial charge in [0.2, 0.25) is 0 Å². The Morgan fingerprint density at radius 2 is 1.95 bits per heavy atom. The molecule has 0 aliphatic carbocycles. The van der Waals surface area contributed by atoms with Crippen molar-refractivity contribution in [2.45, 2.75) is 13.8 Å². The number of hydrazone groups is 1. The topological polar surface area (TPSA) is 58.8 Å². The molecule has 0 spiro atoms. The maximum Gasteiger partial charge on any atom is 0.290 e. The van der Waals surface area contributed by atoms with E-state index in [2.05, 4.69) is 15.5 Å². The summed E-state index contributed by atoms with van der Waals surface area (Å²) in [4.78, 5) is 16.8. The van der Waals surface area contributed by atoms with Gasteiger partial charge >= 0.3 is 0 Å². The van der Waals surface area contributed by atoms with Gasteiger partial charge in [-0.1, -0.05) is 36.4 Å². The molecule has 0 saturated carbocycles. The number of nitrogens with one attached hydrogen (secondary N) is 1. The number of fused-ring (bicyclic) bond motifs is 1. The number of rotatable bonds is 3. The van der Waals surface area contributed by atoms with Crippen LogP contribution in [0.1, 0.15) is 27.3 Å². The Hall–Kier alpha value is -2.95. The van der Waals surface area contributed by atoms with Gasteiger partial charge < -0.3 is 0 Å². The van der Waals surface area contributed by atoms with Gasteiger partial charge in [-0.15, -0.1) is 0 Å². The number of hydrogen-bond donors (Lipinski definition) is 1. The number of pyridine rings is 1. The van der Waals surface area contributed by atoms with Gasteiger partial charge in [-0.2, -0.15) is 5.10 Å². The molecule has 0 aliphatic rings. The van der Waals surface area contributed by atoms with Crippen LogP contribution in [-0.4, -0.2) is 21.5 Å². The van der Waals surface area contributed by atoms with Gasteiger partial charge in [0.1, 0.15) is 11.3 Å². The SMILES string of the molecule is Cc1nc2c(C)cccn2c1C(=O)N/N=C\c1ccccc1. The predicted octanol–water partition coefficient (Wildman–Crippen LogP) is 2.72. The average molecular weight is 292 g/mol. The molecular formula is C17H16N4O. The molecule has 0 saturated heterocycles. The first-order valence-corrected chi connectivity index (χ1v) is 6.99. The zero-order chi connectivity index (χ0) is 15.5. The molecule has 0 aliphatic heterocycles. The van der Waals surface area contributed by atoms with Gasteiger partial charge in [-0.05, 0) is 31.0 Å². The molecule has 1 aromatic carbocycles.